The van der Waals surface area contributed by atoms with Crippen molar-refractivity contribution in [3.63, 3.8) is 0 Å². The van der Waals surface area contributed by atoms with E-state index < -0.39 is 12.1 Å². The monoisotopic (exact) mass is 424 g/mol. The maximum absolute atomic E-state index is 13.0. The largest absolute Gasteiger partial charge is 0.448 e. The summed E-state index contributed by atoms with van der Waals surface area (Å²) in [7, 11) is 0. The smallest absolute Gasteiger partial charge is 0.410 e. The van der Waals surface area contributed by atoms with Crippen LogP contribution in [0.2, 0.25) is 5.02 Å². The number of aryl methyl sites for hydroxylation is 1. The molecule has 1 aliphatic heterocycles. The average Bonchev–Trinajstić information content (AvgIpc) is 3.32. The van der Waals surface area contributed by atoms with Crippen molar-refractivity contribution in [3.8, 4) is 5.69 Å². The highest BCUT2D eigenvalue weighted by Crippen LogP contribution is 2.28. The predicted molar refractivity (Wildman–Crippen MR) is 114 cm³/mol. The van der Waals surface area contributed by atoms with Gasteiger partial charge in [-0.15, -0.1) is 0 Å². The van der Waals surface area contributed by atoms with E-state index in [1.165, 1.54) is 0 Å². The van der Waals surface area contributed by atoms with E-state index in [1.54, 1.807) is 27.8 Å². The van der Waals surface area contributed by atoms with Gasteiger partial charge in [0.15, 0.2) is 0 Å². The standard InChI is InChI=1S/C22H21ClN4O3/c1-15-12-20(27(25-15)18-9-5-8-17(23)13-18)24-21(28)14-19(16-6-3-2-4-7-16)26-10-11-30-22(26)29/h2-9,12-13,19H,10-11,14H2,1H3,(H,24,28). The number of amides is 2. The molecule has 3 aromatic rings. The Morgan fingerprint density at radius 2 is 2.00 bits per heavy atom. The first kappa shape index (κ1) is 20.0. The van der Waals surface area contributed by atoms with Gasteiger partial charge in [-0.2, -0.15) is 5.10 Å². The summed E-state index contributed by atoms with van der Waals surface area (Å²) in [4.78, 5) is 26.7. The van der Waals surface area contributed by atoms with Gasteiger partial charge < -0.3 is 10.1 Å². The van der Waals surface area contributed by atoms with E-state index in [9.17, 15) is 9.59 Å². The molecule has 1 N–H and O–H groups in total. The van der Waals surface area contributed by atoms with Crippen LogP contribution in [0.15, 0.2) is 60.7 Å². The van der Waals surface area contributed by atoms with Crippen molar-refractivity contribution in [1.29, 1.82) is 0 Å². The molecule has 7 nitrogen and oxygen atoms in total. The summed E-state index contributed by atoms with van der Waals surface area (Å²) in [5.41, 5.74) is 2.38. The molecule has 2 heterocycles. The number of nitrogens with zero attached hydrogens (tertiary/aromatic N) is 3. The zero-order valence-corrected chi connectivity index (χ0v) is 17.2. The molecule has 0 saturated carbocycles. The molecule has 30 heavy (non-hydrogen) atoms. The molecule has 0 bridgehead atoms. The molecule has 1 unspecified atom stereocenters. The van der Waals surface area contributed by atoms with Gasteiger partial charge in [-0.1, -0.05) is 48.0 Å². The molecule has 2 amide bonds. The van der Waals surface area contributed by atoms with E-state index in [0.29, 0.717) is 24.0 Å². The first-order chi connectivity index (χ1) is 14.5. The molecule has 1 atom stereocenters. The van der Waals surface area contributed by atoms with Crippen LogP contribution in [0.5, 0.6) is 0 Å². The second kappa shape index (κ2) is 8.59. The van der Waals surface area contributed by atoms with Crippen molar-refractivity contribution in [1.82, 2.24) is 14.7 Å². The van der Waals surface area contributed by atoms with Crippen molar-refractivity contribution < 1.29 is 14.3 Å². The molecular formula is C22H21ClN4O3. The van der Waals surface area contributed by atoms with E-state index >= 15 is 0 Å². The van der Waals surface area contributed by atoms with Gasteiger partial charge in [0.2, 0.25) is 5.91 Å². The Balaban J connectivity index is 1.57. The normalized spacial score (nSPS) is 14.5. The van der Waals surface area contributed by atoms with Gasteiger partial charge in [-0.05, 0) is 30.7 Å². The van der Waals surface area contributed by atoms with E-state index in [0.717, 1.165) is 16.9 Å². The lowest BCUT2D eigenvalue weighted by Gasteiger charge is -2.25. The number of benzene rings is 2. The van der Waals surface area contributed by atoms with Crippen LogP contribution in [-0.2, 0) is 9.53 Å². The van der Waals surface area contributed by atoms with Gasteiger partial charge in [0.1, 0.15) is 12.4 Å². The van der Waals surface area contributed by atoms with E-state index in [1.807, 2.05) is 49.4 Å². The van der Waals surface area contributed by atoms with Crippen molar-refractivity contribution in [2.75, 3.05) is 18.5 Å². The van der Waals surface area contributed by atoms with Crippen LogP contribution in [-0.4, -0.2) is 39.8 Å². The third kappa shape index (κ3) is 4.31. The summed E-state index contributed by atoms with van der Waals surface area (Å²) < 4.78 is 6.73. The van der Waals surface area contributed by atoms with E-state index in [2.05, 4.69) is 10.4 Å². The van der Waals surface area contributed by atoms with Crippen LogP contribution in [0.3, 0.4) is 0 Å². The first-order valence-corrected chi connectivity index (χ1v) is 10.00. The van der Waals surface area contributed by atoms with Crippen LogP contribution < -0.4 is 5.32 Å². The molecule has 2 aromatic carbocycles. The molecule has 0 radical (unpaired) electrons. The number of aromatic nitrogens is 2. The van der Waals surface area contributed by atoms with Crippen LogP contribution in [0.4, 0.5) is 10.6 Å². The highest BCUT2D eigenvalue weighted by Gasteiger charge is 2.32. The number of rotatable bonds is 6. The Hall–Kier alpha value is -3.32. The number of hydrogen-bond donors (Lipinski definition) is 1. The van der Waals surface area contributed by atoms with Crippen molar-refractivity contribution >= 4 is 29.4 Å². The molecule has 1 saturated heterocycles. The molecular weight excluding hydrogens is 404 g/mol. The number of hydrogen-bond acceptors (Lipinski definition) is 4. The molecule has 8 heteroatoms. The molecule has 1 aliphatic rings. The van der Waals surface area contributed by atoms with Gasteiger partial charge in [-0.25, -0.2) is 9.48 Å². The average molecular weight is 425 g/mol. The van der Waals surface area contributed by atoms with Gasteiger partial charge in [-0.3, -0.25) is 9.69 Å². The Morgan fingerprint density at radius 1 is 1.20 bits per heavy atom. The summed E-state index contributed by atoms with van der Waals surface area (Å²) in [5.74, 6) is 0.308. The minimum absolute atomic E-state index is 0.0961. The minimum atomic E-state index is -0.412. The summed E-state index contributed by atoms with van der Waals surface area (Å²) >= 11 is 6.10. The number of carbonyl (C=O) groups is 2. The number of cyclic esters (lactones) is 1. The molecule has 1 fully saturated rings. The lowest BCUT2D eigenvalue weighted by atomic mass is 10.0. The van der Waals surface area contributed by atoms with Gasteiger partial charge in [0, 0.05) is 11.1 Å². The quantitative estimate of drug-likeness (QED) is 0.638. The topological polar surface area (TPSA) is 76.5 Å². The SMILES string of the molecule is Cc1cc(NC(=O)CC(c2ccccc2)N2CCOC2=O)n(-c2cccc(Cl)c2)n1. The fourth-order valence-electron chi connectivity index (χ4n) is 3.53. The Labute approximate surface area is 179 Å². The third-order valence-corrected chi connectivity index (χ3v) is 5.12. The first-order valence-electron chi connectivity index (χ1n) is 9.62. The van der Waals surface area contributed by atoms with Crippen molar-refractivity contribution in [3.05, 3.63) is 76.9 Å². The van der Waals surface area contributed by atoms with Gasteiger partial charge in [0.25, 0.3) is 0 Å². The summed E-state index contributed by atoms with van der Waals surface area (Å²) in [6, 6.07) is 18.1. The van der Waals surface area contributed by atoms with Crippen LogP contribution in [0, 0.1) is 6.92 Å². The second-order valence-electron chi connectivity index (χ2n) is 7.05. The van der Waals surface area contributed by atoms with Crippen molar-refractivity contribution in [2.45, 2.75) is 19.4 Å². The maximum Gasteiger partial charge on any atom is 0.410 e. The van der Waals surface area contributed by atoms with E-state index in [4.69, 9.17) is 16.3 Å². The second-order valence-corrected chi connectivity index (χ2v) is 7.49. The van der Waals surface area contributed by atoms with E-state index in [-0.39, 0.29) is 12.3 Å². The number of halogens is 1. The van der Waals surface area contributed by atoms with Crippen LogP contribution in [0.1, 0.15) is 23.7 Å². The summed E-state index contributed by atoms with van der Waals surface area (Å²) in [5, 5.41) is 7.97. The molecule has 0 spiro atoms. The highest BCUT2D eigenvalue weighted by molar-refractivity contribution is 6.30. The van der Waals surface area contributed by atoms with Crippen molar-refractivity contribution in [2.24, 2.45) is 0 Å². The fourth-order valence-corrected chi connectivity index (χ4v) is 3.72. The fraction of sp³-hybridized carbons (Fsp3) is 0.227. The summed E-state index contributed by atoms with van der Waals surface area (Å²) in [6.45, 7) is 2.62. The number of carbonyl (C=O) groups excluding carboxylic acids is 2. The van der Waals surface area contributed by atoms with Gasteiger partial charge in [0.05, 0.1) is 30.4 Å². The minimum Gasteiger partial charge on any atom is -0.448 e. The van der Waals surface area contributed by atoms with Crippen LogP contribution >= 0.6 is 11.6 Å². The zero-order valence-electron chi connectivity index (χ0n) is 16.4. The number of anilines is 1. The molecule has 1 aromatic heterocycles. The molecule has 0 aliphatic carbocycles. The number of ether oxygens (including phenoxy) is 1. The summed E-state index contributed by atoms with van der Waals surface area (Å²) in [6.07, 6.45) is -0.310. The zero-order chi connectivity index (χ0) is 21.1. The lowest BCUT2D eigenvalue weighted by Crippen LogP contribution is -2.32. The molecule has 154 valence electrons. The maximum atomic E-state index is 13.0. The Bertz CT molecular complexity index is 1070. The predicted octanol–water partition coefficient (Wildman–Crippen LogP) is 4.36. The number of nitrogens with one attached hydrogen (secondary N) is 1. The highest BCUT2D eigenvalue weighted by atomic mass is 35.5. The van der Waals surface area contributed by atoms with Crippen LogP contribution in [0.25, 0.3) is 5.69 Å². The Morgan fingerprint density at radius 3 is 2.70 bits per heavy atom. The third-order valence-electron chi connectivity index (χ3n) is 4.88. The Kier molecular flexibility index (Phi) is 5.72. The van der Waals surface area contributed by atoms with Gasteiger partial charge >= 0.3 is 6.09 Å². The lowest BCUT2D eigenvalue weighted by molar-refractivity contribution is -0.117. The molecule has 4 rings (SSSR count).